The van der Waals surface area contributed by atoms with Crippen LogP contribution in [-0.2, 0) is 68.7 Å². The largest absolute Gasteiger partial charge is 0.481 e. The second-order valence-corrected chi connectivity index (χ2v) is 27.4. The number of rotatable bonds is 37. The molecule has 27 heteroatoms. The lowest BCUT2D eigenvalue weighted by Gasteiger charge is -2.34. The maximum atomic E-state index is 14.6. The van der Waals surface area contributed by atoms with Crippen LogP contribution >= 0.6 is 0 Å². The van der Waals surface area contributed by atoms with E-state index in [0.29, 0.717) is 5.56 Å². The number of ether oxygens (including phenoxy) is 1. The van der Waals surface area contributed by atoms with Crippen LogP contribution in [0, 0.1) is 23.7 Å². The molecular weight excluding hydrogens is 1270 g/mol. The molecule has 0 fully saturated rings. The summed E-state index contributed by atoms with van der Waals surface area (Å²) in [7, 11) is 6.99. The maximum Gasteiger partial charge on any atom is 0.410 e. The van der Waals surface area contributed by atoms with Crippen LogP contribution in [0.4, 0.5) is 4.79 Å². The summed E-state index contributed by atoms with van der Waals surface area (Å²) in [5.74, 6) is -9.25. The summed E-state index contributed by atoms with van der Waals surface area (Å²) < 4.78 is 5.82. The number of carboxylic acids is 1. The third kappa shape index (κ3) is 24.2. The predicted octanol–water partition coefficient (Wildman–Crippen LogP) is 3.81. The van der Waals surface area contributed by atoms with Crippen molar-refractivity contribution in [1.29, 1.82) is 0 Å². The third-order valence-electron chi connectivity index (χ3n) is 17.6. The van der Waals surface area contributed by atoms with Gasteiger partial charge in [-0.15, -0.1) is 0 Å². The van der Waals surface area contributed by atoms with E-state index >= 15 is 0 Å². The molecule has 3 aromatic rings. The number of carboxylic acid groups (broad SMARTS) is 1. The Bertz CT molecular complexity index is 3280. The van der Waals surface area contributed by atoms with Crippen molar-refractivity contribution in [2.75, 3.05) is 61.5 Å². The number of benzene rings is 3. The highest BCUT2D eigenvalue weighted by molar-refractivity contribution is 5.98. The number of amides is 12. The molecule has 99 heavy (non-hydrogen) atoms. The van der Waals surface area contributed by atoms with E-state index in [9.17, 15) is 62.3 Å². The van der Waals surface area contributed by atoms with Gasteiger partial charge in [0.05, 0.1) is 19.5 Å². The highest BCUT2D eigenvalue weighted by atomic mass is 16.6. The minimum Gasteiger partial charge on any atom is -0.481 e. The fourth-order valence-electron chi connectivity index (χ4n) is 11.5. The fraction of sp³-hybridized carbons (Fsp3) is 0.569. The summed E-state index contributed by atoms with van der Waals surface area (Å²) in [5.41, 5.74) is 4.83. The van der Waals surface area contributed by atoms with E-state index in [-0.39, 0.29) is 81.3 Å². The van der Waals surface area contributed by atoms with Gasteiger partial charge in [0.1, 0.15) is 61.0 Å². The summed E-state index contributed by atoms with van der Waals surface area (Å²) in [6, 6.07) is 14.1. The number of likely N-dealkylation sites (N-methyl/N-ethyl adjacent to an activating group) is 5. The molecule has 0 aromatic heterocycles. The van der Waals surface area contributed by atoms with Crippen molar-refractivity contribution in [2.24, 2.45) is 23.7 Å². The zero-order valence-corrected chi connectivity index (χ0v) is 60.6. The highest BCUT2D eigenvalue weighted by Crippen LogP contribution is 2.44. The van der Waals surface area contributed by atoms with Crippen molar-refractivity contribution in [2.45, 2.75) is 182 Å². The number of nitrogens with zero attached hydrogens (tertiary/aromatic N) is 5. The average Bonchev–Trinajstić information content (AvgIpc) is 1.62. The van der Waals surface area contributed by atoms with Crippen LogP contribution in [0.5, 0.6) is 0 Å². The summed E-state index contributed by atoms with van der Waals surface area (Å²) in [4.78, 5) is 183. The molecule has 0 unspecified atom stereocenters. The monoisotopic (exact) mass is 1380 g/mol. The van der Waals surface area contributed by atoms with E-state index in [4.69, 9.17) is 9.84 Å². The van der Waals surface area contributed by atoms with Crippen molar-refractivity contribution >= 4 is 77.0 Å². The van der Waals surface area contributed by atoms with Gasteiger partial charge in [-0.3, -0.25) is 62.4 Å². The quantitative estimate of drug-likeness (QED) is 0.0407. The molecule has 0 radical (unpaired) electrons. The van der Waals surface area contributed by atoms with Crippen LogP contribution in [0.3, 0.4) is 0 Å². The van der Waals surface area contributed by atoms with Gasteiger partial charge < -0.3 is 66.7 Å². The summed E-state index contributed by atoms with van der Waals surface area (Å²) in [6.45, 7) is 19.4. The third-order valence-corrected chi connectivity index (χ3v) is 17.6. The first-order chi connectivity index (χ1) is 46.5. The van der Waals surface area contributed by atoms with E-state index in [2.05, 4.69) is 37.2 Å². The van der Waals surface area contributed by atoms with Crippen molar-refractivity contribution in [3.8, 4) is 11.1 Å². The topological polar surface area (TPSA) is 352 Å². The number of carbonyl (C=O) groups excluding carboxylic acids is 12. The number of carbonyl (C=O) groups is 13. The lowest BCUT2D eigenvalue weighted by molar-refractivity contribution is -0.145. The molecule has 8 N–H and O–H groups in total. The van der Waals surface area contributed by atoms with Crippen molar-refractivity contribution in [1.82, 2.24) is 61.7 Å². The molecule has 3 aromatic carbocycles. The van der Waals surface area contributed by atoms with Gasteiger partial charge in [-0.2, -0.15) is 0 Å². The van der Waals surface area contributed by atoms with Gasteiger partial charge in [0, 0.05) is 54.1 Å². The Balaban J connectivity index is 1.41. The Labute approximate surface area is 582 Å². The molecule has 1 aliphatic carbocycles. The smallest absolute Gasteiger partial charge is 0.410 e. The number of hydrogen-bond donors (Lipinski definition) is 8. The molecular formula is C72H106N12O15. The van der Waals surface area contributed by atoms with Crippen LogP contribution in [0.25, 0.3) is 11.1 Å². The SMILES string of the molecule is CC(C)C[C@H](NC(=O)[C@H](C)N(C)C(=O)CNC(=O)[C@H](Cc1ccccc1)N(C)C(=O)[C@H](C)NC(=O)[C@H](CC(C)C)N(C)C(=O)[C@H](CC(C)C)NC(=O)[C@H](C)N(C)C(=O)OCC1c2ccccc2-c2ccccc21)C(=O)N[C@@H](C)C(=O)N(C)[C@@H](CC(C)C)C(=O)NCC(=O)NCCC(=O)O. The van der Waals surface area contributed by atoms with E-state index in [0.717, 1.165) is 37.0 Å². The van der Waals surface area contributed by atoms with Crippen LogP contribution < -0.4 is 37.2 Å². The lowest BCUT2D eigenvalue weighted by atomic mass is 9.98. The van der Waals surface area contributed by atoms with Gasteiger partial charge >= 0.3 is 12.1 Å². The van der Waals surface area contributed by atoms with Crippen LogP contribution in [0.1, 0.15) is 138 Å². The van der Waals surface area contributed by atoms with Crippen molar-refractivity contribution < 1.29 is 72.2 Å². The minimum absolute atomic E-state index is 0.0265. The fourth-order valence-corrected chi connectivity index (χ4v) is 11.5. The minimum atomic E-state index is -1.26. The zero-order valence-electron chi connectivity index (χ0n) is 60.6. The summed E-state index contributed by atoms with van der Waals surface area (Å²) in [6.07, 6.45) is -0.437. The average molecular weight is 1380 g/mol. The number of aliphatic carboxylic acids is 1. The van der Waals surface area contributed by atoms with Gasteiger partial charge in [-0.1, -0.05) is 134 Å². The normalized spacial score (nSPS) is 14.4. The standard InChI is InChI=1S/C72H106N12O15/c1-41(2)33-55(65(91)76-45(9)69(95)82(15)57(35-43(5)6)66(92)74-38-60(85)73-32-31-62(87)88)78-63(89)47(11)80(13)61(86)39-75-67(93)59(37-49-25-19-18-20-26-49)83(16)70(96)46(10)77-68(94)58(36-44(7)8)84(17)71(97)56(34-42(3)4)79-64(90)48(12)81(14)72(98)99-40-54-52-29-23-21-27-50(52)51-28-22-24-30-53(51)54/h18-30,41-48,54-59H,31-40H2,1-17H3,(H,73,85)(H,74,92)(H,75,93)(H,76,91)(H,77,94)(H,78,89)(H,79,90)(H,87,88)/t45-,46-,47-,48-,55-,56-,57-,58-,59-/m0/s1. The lowest BCUT2D eigenvalue weighted by Crippen LogP contribution is -2.59. The van der Waals surface area contributed by atoms with Crippen molar-refractivity contribution in [3.05, 3.63) is 95.6 Å². The summed E-state index contributed by atoms with van der Waals surface area (Å²) >= 11 is 0. The Morgan fingerprint density at radius 2 is 0.859 bits per heavy atom. The van der Waals surface area contributed by atoms with Gasteiger partial charge in [0.15, 0.2) is 0 Å². The molecule has 0 saturated heterocycles. The molecule has 4 rings (SSSR count). The number of fused-ring (bicyclic) bond motifs is 3. The second-order valence-electron chi connectivity index (χ2n) is 27.4. The Hall–Kier alpha value is -9.43. The van der Waals surface area contributed by atoms with Crippen LogP contribution in [0.2, 0.25) is 0 Å². The molecule has 0 saturated carbocycles. The number of hydrogen-bond acceptors (Lipinski definition) is 14. The van der Waals surface area contributed by atoms with E-state index in [1.54, 1.807) is 30.3 Å². The van der Waals surface area contributed by atoms with E-state index in [1.165, 1.54) is 72.7 Å². The highest BCUT2D eigenvalue weighted by Gasteiger charge is 2.39. The Kier molecular flexibility index (Phi) is 32.0. The molecule has 27 nitrogen and oxygen atoms in total. The van der Waals surface area contributed by atoms with Gasteiger partial charge in [-0.25, -0.2) is 4.79 Å². The Morgan fingerprint density at radius 1 is 0.434 bits per heavy atom. The van der Waals surface area contributed by atoms with Gasteiger partial charge in [0.25, 0.3) is 0 Å². The van der Waals surface area contributed by atoms with Crippen molar-refractivity contribution in [3.63, 3.8) is 0 Å². The molecule has 0 aliphatic heterocycles. The molecule has 0 spiro atoms. The van der Waals surface area contributed by atoms with E-state index < -0.39 is 145 Å². The summed E-state index contributed by atoms with van der Waals surface area (Å²) in [5, 5.41) is 27.2. The predicted molar refractivity (Wildman–Crippen MR) is 373 cm³/mol. The maximum absolute atomic E-state index is 14.6. The van der Waals surface area contributed by atoms with Crippen LogP contribution in [0.15, 0.2) is 78.9 Å². The molecule has 9 atom stereocenters. The Morgan fingerprint density at radius 3 is 1.37 bits per heavy atom. The zero-order chi connectivity index (χ0) is 74.3. The number of nitrogens with one attached hydrogen (secondary N) is 7. The van der Waals surface area contributed by atoms with E-state index in [1.807, 2.05) is 104 Å². The van der Waals surface area contributed by atoms with Gasteiger partial charge in [0.2, 0.25) is 65.0 Å². The first-order valence-electron chi connectivity index (χ1n) is 33.9. The first kappa shape index (κ1) is 82.0. The molecule has 544 valence electrons. The molecule has 0 heterocycles. The van der Waals surface area contributed by atoms with Gasteiger partial charge in [-0.05, 0) is 105 Å². The van der Waals surface area contributed by atoms with Crippen LogP contribution in [-0.4, -0.2) is 223 Å². The first-order valence-corrected chi connectivity index (χ1v) is 33.9. The second kappa shape index (κ2) is 38.6. The molecule has 1 aliphatic rings. The molecule has 0 bridgehead atoms. The molecule has 12 amide bonds.